The molecular weight excluding hydrogens is 342 g/mol. The number of alkyl halides is 2. The lowest BCUT2D eigenvalue weighted by molar-refractivity contribution is 1.39. The highest BCUT2D eigenvalue weighted by molar-refractivity contribution is 7.79. The van der Waals surface area contributed by atoms with Crippen molar-refractivity contribution in [3.8, 4) is 0 Å². The molecule has 0 saturated heterocycles. The molecule has 0 saturated carbocycles. The summed E-state index contributed by atoms with van der Waals surface area (Å²) in [5, 5.41) is 4.19. The van der Waals surface area contributed by atoms with E-state index in [2.05, 4.69) is 91.0 Å². The van der Waals surface area contributed by atoms with Gasteiger partial charge in [-0.25, -0.2) is 0 Å². The molecule has 0 aromatic heterocycles. The highest BCUT2D eigenvalue weighted by Crippen LogP contribution is 2.32. The molecule has 0 nitrogen and oxygen atoms in total. The Hall–Kier alpha value is -1.33. The normalized spacial score (nSPS) is 10.3. The third-order valence-corrected chi connectivity index (χ3v) is 5.49. The Bertz CT molecular complexity index is 573. The van der Waals surface area contributed by atoms with Gasteiger partial charge in [-0.3, -0.25) is 0 Å². The molecule has 0 aliphatic heterocycles. The van der Waals surface area contributed by atoms with Crippen molar-refractivity contribution in [1.82, 2.24) is 0 Å². The van der Waals surface area contributed by atoms with Crippen LogP contribution in [0.2, 0.25) is 0 Å². The van der Waals surface area contributed by atoms with Gasteiger partial charge in [0.2, 0.25) is 0 Å². The van der Waals surface area contributed by atoms with Crippen LogP contribution >= 0.6 is 31.1 Å². The fourth-order valence-electron chi connectivity index (χ4n) is 2.18. The van der Waals surface area contributed by atoms with Crippen LogP contribution in [0.1, 0.15) is 6.92 Å². The van der Waals surface area contributed by atoms with Crippen LogP contribution < -0.4 is 15.9 Å². The molecule has 0 aliphatic rings. The van der Waals surface area contributed by atoms with Crippen molar-refractivity contribution in [3.63, 3.8) is 0 Å². The highest BCUT2D eigenvalue weighted by atomic mass is 35.5. The smallest absolute Gasteiger partial charge is 0.105 e. The van der Waals surface area contributed by atoms with E-state index in [4.69, 9.17) is 23.2 Å². The molecule has 0 amide bonds. The molecular formula is C20H19Cl2P. The Kier molecular flexibility index (Phi) is 7.62. The maximum atomic E-state index is 5.04. The number of hydrogen-bond donors (Lipinski definition) is 0. The van der Waals surface area contributed by atoms with Gasteiger partial charge in [0.1, 0.15) is 4.84 Å². The minimum Gasteiger partial charge on any atom is -0.106 e. The van der Waals surface area contributed by atoms with Crippen molar-refractivity contribution in [2.75, 3.05) is 0 Å². The summed E-state index contributed by atoms with van der Waals surface area (Å²) in [6.45, 7) is 1.70. The third-order valence-electron chi connectivity index (χ3n) is 3.04. The lowest BCUT2D eigenvalue weighted by Crippen LogP contribution is -2.20. The van der Waals surface area contributed by atoms with Crippen molar-refractivity contribution < 1.29 is 0 Å². The first kappa shape index (κ1) is 18.0. The highest BCUT2D eigenvalue weighted by Gasteiger charge is 2.14. The Balaban J connectivity index is 0.000000433. The molecule has 0 bridgehead atoms. The number of halogens is 2. The van der Waals surface area contributed by atoms with Gasteiger partial charge in [0.05, 0.1) is 0 Å². The summed E-state index contributed by atoms with van der Waals surface area (Å²) < 4.78 is 0. The largest absolute Gasteiger partial charge is 0.106 e. The van der Waals surface area contributed by atoms with E-state index in [1.165, 1.54) is 15.9 Å². The van der Waals surface area contributed by atoms with Crippen LogP contribution in [0.3, 0.4) is 0 Å². The molecule has 0 N–H and O–H groups in total. The van der Waals surface area contributed by atoms with Gasteiger partial charge in [-0.1, -0.05) is 91.0 Å². The summed E-state index contributed by atoms with van der Waals surface area (Å²) in [7, 11) is -0.446. The topological polar surface area (TPSA) is 0 Å². The zero-order valence-corrected chi connectivity index (χ0v) is 15.3. The molecule has 0 unspecified atom stereocenters. The van der Waals surface area contributed by atoms with E-state index < -0.39 is 7.92 Å². The van der Waals surface area contributed by atoms with E-state index in [9.17, 15) is 0 Å². The predicted molar refractivity (Wildman–Crippen MR) is 106 cm³/mol. The van der Waals surface area contributed by atoms with Gasteiger partial charge in [0.15, 0.2) is 0 Å². The second-order valence-electron chi connectivity index (χ2n) is 4.86. The Labute approximate surface area is 149 Å². The van der Waals surface area contributed by atoms with Gasteiger partial charge >= 0.3 is 0 Å². The molecule has 118 valence electrons. The Morgan fingerprint density at radius 1 is 0.565 bits per heavy atom. The predicted octanol–water partition coefficient (Wildman–Crippen LogP) is 5.25. The minimum atomic E-state index is -0.446. The fraction of sp³-hybridized carbons (Fsp3) is 0.100. The molecule has 0 fully saturated rings. The van der Waals surface area contributed by atoms with Crippen molar-refractivity contribution in [3.05, 3.63) is 91.0 Å². The van der Waals surface area contributed by atoms with Crippen molar-refractivity contribution >= 4 is 47.0 Å². The number of hydrogen-bond acceptors (Lipinski definition) is 0. The Morgan fingerprint density at radius 3 is 1.00 bits per heavy atom. The summed E-state index contributed by atoms with van der Waals surface area (Å²) in [4.78, 5) is -0.222. The molecule has 23 heavy (non-hydrogen) atoms. The van der Waals surface area contributed by atoms with Gasteiger partial charge in [0.25, 0.3) is 0 Å². The molecule has 0 radical (unpaired) electrons. The molecule has 0 aliphatic carbocycles. The lowest BCUT2D eigenvalue weighted by Gasteiger charge is -2.18. The van der Waals surface area contributed by atoms with E-state index in [1.807, 2.05) is 0 Å². The fourth-order valence-corrected chi connectivity index (χ4v) is 4.48. The molecule has 3 aromatic carbocycles. The molecule has 0 heterocycles. The SMILES string of the molecule is CC(Cl)Cl.c1ccc(P(c2ccccc2)c2ccccc2)cc1. The summed E-state index contributed by atoms with van der Waals surface area (Å²) in [5.41, 5.74) is 0. The van der Waals surface area contributed by atoms with Gasteiger partial charge in [-0.2, -0.15) is 0 Å². The van der Waals surface area contributed by atoms with E-state index in [0.717, 1.165) is 0 Å². The van der Waals surface area contributed by atoms with E-state index in [0.29, 0.717) is 0 Å². The zero-order valence-electron chi connectivity index (χ0n) is 12.9. The molecule has 3 aromatic rings. The lowest BCUT2D eigenvalue weighted by atomic mass is 10.4. The molecule has 0 atom stereocenters. The zero-order chi connectivity index (χ0) is 16.5. The summed E-state index contributed by atoms with van der Waals surface area (Å²) in [5.74, 6) is 0. The second kappa shape index (κ2) is 9.73. The van der Waals surface area contributed by atoms with E-state index in [-0.39, 0.29) is 4.84 Å². The van der Waals surface area contributed by atoms with Crippen molar-refractivity contribution in [2.24, 2.45) is 0 Å². The van der Waals surface area contributed by atoms with Crippen LogP contribution in [0, 0.1) is 0 Å². The standard InChI is InChI=1S/C18H15P.C2H4Cl2/c1-4-10-16(11-5-1)19(17-12-6-2-7-13-17)18-14-8-3-9-15-18;1-2(3)4/h1-15H;2H,1H3. The second-order valence-corrected chi connectivity index (χ2v) is 8.61. The summed E-state index contributed by atoms with van der Waals surface area (Å²) in [6.07, 6.45) is 0. The van der Waals surface area contributed by atoms with Crippen molar-refractivity contribution in [1.29, 1.82) is 0 Å². The Morgan fingerprint density at radius 2 is 0.783 bits per heavy atom. The van der Waals surface area contributed by atoms with E-state index >= 15 is 0 Å². The maximum Gasteiger partial charge on any atom is 0.105 e. The first-order valence-corrected chi connectivity index (χ1v) is 9.63. The molecule has 0 spiro atoms. The van der Waals surface area contributed by atoms with Gasteiger partial charge < -0.3 is 0 Å². The van der Waals surface area contributed by atoms with Gasteiger partial charge in [-0.05, 0) is 30.8 Å². The first-order chi connectivity index (χ1) is 11.2. The minimum absolute atomic E-state index is 0.222. The number of rotatable bonds is 3. The summed E-state index contributed by atoms with van der Waals surface area (Å²) in [6, 6.07) is 32.3. The third kappa shape index (κ3) is 5.99. The van der Waals surface area contributed by atoms with Crippen LogP contribution in [0.15, 0.2) is 91.0 Å². The summed E-state index contributed by atoms with van der Waals surface area (Å²) >= 11 is 10.1. The van der Waals surface area contributed by atoms with Crippen molar-refractivity contribution in [2.45, 2.75) is 11.8 Å². The molecule has 3 heteroatoms. The average Bonchev–Trinajstić information content (AvgIpc) is 2.58. The monoisotopic (exact) mass is 360 g/mol. The van der Waals surface area contributed by atoms with Crippen LogP contribution in [0.25, 0.3) is 0 Å². The maximum absolute atomic E-state index is 5.04. The first-order valence-electron chi connectivity index (χ1n) is 7.42. The van der Waals surface area contributed by atoms with Crippen LogP contribution in [0.4, 0.5) is 0 Å². The number of benzene rings is 3. The van der Waals surface area contributed by atoms with Crippen LogP contribution in [0.5, 0.6) is 0 Å². The molecule has 3 rings (SSSR count). The van der Waals surface area contributed by atoms with Crippen LogP contribution in [-0.2, 0) is 0 Å². The van der Waals surface area contributed by atoms with Gasteiger partial charge in [0, 0.05) is 0 Å². The van der Waals surface area contributed by atoms with Crippen LogP contribution in [-0.4, -0.2) is 4.84 Å². The average molecular weight is 361 g/mol. The quantitative estimate of drug-likeness (QED) is 0.441. The van der Waals surface area contributed by atoms with E-state index in [1.54, 1.807) is 6.92 Å². The van der Waals surface area contributed by atoms with Gasteiger partial charge in [-0.15, -0.1) is 23.2 Å².